The van der Waals surface area contributed by atoms with Crippen LogP contribution in [0.4, 0.5) is 11.4 Å². The number of rotatable bonds is 3. The van der Waals surface area contributed by atoms with E-state index in [1.54, 1.807) is 30.3 Å². The van der Waals surface area contributed by atoms with Crippen molar-refractivity contribution in [2.75, 3.05) is 10.5 Å². The van der Waals surface area contributed by atoms with E-state index in [-0.39, 0.29) is 4.90 Å². The molecule has 3 N–H and O–H groups in total. The van der Waals surface area contributed by atoms with E-state index in [1.165, 1.54) is 12.1 Å². The van der Waals surface area contributed by atoms with Gasteiger partial charge in [-0.3, -0.25) is 4.72 Å². The fraction of sp³-hybridized carbons (Fsp3) is 0.0769. The van der Waals surface area contributed by atoms with Crippen LogP contribution in [0.15, 0.2) is 51.8 Å². The Labute approximate surface area is 120 Å². The lowest BCUT2D eigenvalue weighted by Gasteiger charge is -2.11. The number of hydrogen-bond donors (Lipinski definition) is 2. The molecule has 2 aromatic rings. The van der Waals surface area contributed by atoms with Gasteiger partial charge in [0, 0.05) is 4.47 Å². The fourth-order valence-corrected chi connectivity index (χ4v) is 3.30. The SMILES string of the molecule is Cc1ccc(NS(=O)(=O)c2cccc(Br)c2)c(N)c1. The lowest BCUT2D eigenvalue weighted by Crippen LogP contribution is -2.14. The van der Waals surface area contributed by atoms with Crippen molar-refractivity contribution < 1.29 is 8.42 Å². The molecule has 0 saturated carbocycles. The maximum atomic E-state index is 12.2. The summed E-state index contributed by atoms with van der Waals surface area (Å²) < 4.78 is 27.6. The van der Waals surface area contributed by atoms with Crippen molar-refractivity contribution in [2.24, 2.45) is 0 Å². The Morgan fingerprint density at radius 2 is 1.89 bits per heavy atom. The number of benzene rings is 2. The summed E-state index contributed by atoms with van der Waals surface area (Å²) in [6.07, 6.45) is 0. The molecule has 0 bridgehead atoms. The number of nitrogen functional groups attached to an aromatic ring is 1. The van der Waals surface area contributed by atoms with Crippen LogP contribution in [-0.2, 0) is 10.0 Å². The summed E-state index contributed by atoms with van der Waals surface area (Å²) in [5.74, 6) is 0. The van der Waals surface area contributed by atoms with Crippen LogP contribution in [0.2, 0.25) is 0 Å². The first-order valence-corrected chi connectivity index (χ1v) is 7.80. The predicted octanol–water partition coefficient (Wildman–Crippen LogP) is 3.14. The smallest absolute Gasteiger partial charge is 0.261 e. The van der Waals surface area contributed by atoms with E-state index in [1.807, 2.05) is 6.92 Å². The summed E-state index contributed by atoms with van der Waals surface area (Å²) in [5.41, 5.74) is 7.56. The van der Waals surface area contributed by atoms with Gasteiger partial charge in [0.2, 0.25) is 0 Å². The largest absolute Gasteiger partial charge is 0.397 e. The molecule has 0 radical (unpaired) electrons. The molecule has 0 spiro atoms. The first kappa shape index (κ1) is 13.9. The second kappa shape index (κ2) is 5.22. The van der Waals surface area contributed by atoms with E-state index < -0.39 is 10.0 Å². The van der Waals surface area contributed by atoms with Crippen molar-refractivity contribution in [2.45, 2.75) is 11.8 Å². The molecule has 2 aromatic carbocycles. The van der Waals surface area contributed by atoms with Crippen LogP contribution >= 0.6 is 15.9 Å². The van der Waals surface area contributed by atoms with E-state index in [0.29, 0.717) is 15.8 Å². The average molecular weight is 341 g/mol. The Kier molecular flexibility index (Phi) is 3.82. The zero-order chi connectivity index (χ0) is 14.0. The standard InChI is InChI=1S/C13H13BrN2O2S/c1-9-5-6-13(12(15)7-9)16-19(17,18)11-4-2-3-10(14)8-11/h2-8,16H,15H2,1H3. The van der Waals surface area contributed by atoms with Gasteiger partial charge in [-0.05, 0) is 42.8 Å². The van der Waals surface area contributed by atoms with E-state index in [9.17, 15) is 8.42 Å². The Balaban J connectivity index is 2.36. The normalized spacial score (nSPS) is 11.3. The number of hydrogen-bond acceptors (Lipinski definition) is 3. The zero-order valence-corrected chi connectivity index (χ0v) is 12.6. The Morgan fingerprint density at radius 1 is 1.16 bits per heavy atom. The lowest BCUT2D eigenvalue weighted by molar-refractivity contribution is 0.601. The third kappa shape index (κ3) is 3.27. The van der Waals surface area contributed by atoms with Crippen LogP contribution in [0.3, 0.4) is 0 Å². The maximum Gasteiger partial charge on any atom is 0.261 e. The first-order chi connectivity index (χ1) is 8.88. The van der Waals surface area contributed by atoms with Gasteiger partial charge in [-0.1, -0.05) is 28.1 Å². The molecule has 0 atom stereocenters. The molecule has 0 aliphatic rings. The van der Waals surface area contributed by atoms with Gasteiger partial charge >= 0.3 is 0 Å². The van der Waals surface area contributed by atoms with E-state index in [2.05, 4.69) is 20.7 Å². The minimum absolute atomic E-state index is 0.182. The minimum Gasteiger partial charge on any atom is -0.397 e. The minimum atomic E-state index is -3.63. The molecule has 0 heterocycles. The van der Waals surface area contributed by atoms with Crippen molar-refractivity contribution in [3.8, 4) is 0 Å². The van der Waals surface area contributed by atoms with Crippen LogP contribution in [-0.4, -0.2) is 8.42 Å². The third-order valence-electron chi connectivity index (χ3n) is 2.56. The molecule has 2 rings (SSSR count). The Morgan fingerprint density at radius 3 is 2.53 bits per heavy atom. The highest BCUT2D eigenvalue weighted by Gasteiger charge is 2.15. The van der Waals surface area contributed by atoms with Crippen LogP contribution < -0.4 is 10.5 Å². The molecular weight excluding hydrogens is 328 g/mol. The molecule has 0 aliphatic carbocycles. The molecule has 100 valence electrons. The zero-order valence-electron chi connectivity index (χ0n) is 10.2. The van der Waals surface area contributed by atoms with Gasteiger partial charge in [0.1, 0.15) is 0 Å². The molecule has 19 heavy (non-hydrogen) atoms. The van der Waals surface area contributed by atoms with Crippen LogP contribution in [0.1, 0.15) is 5.56 Å². The number of halogens is 1. The molecule has 0 saturated heterocycles. The summed E-state index contributed by atoms with van der Waals surface area (Å²) in [7, 11) is -3.63. The number of anilines is 2. The highest BCUT2D eigenvalue weighted by molar-refractivity contribution is 9.10. The van der Waals surface area contributed by atoms with Crippen LogP contribution in [0, 0.1) is 6.92 Å². The van der Waals surface area contributed by atoms with Gasteiger partial charge in [-0.15, -0.1) is 0 Å². The average Bonchev–Trinajstić information content (AvgIpc) is 2.33. The summed E-state index contributed by atoms with van der Waals surface area (Å²) in [6, 6.07) is 11.7. The highest BCUT2D eigenvalue weighted by atomic mass is 79.9. The molecule has 0 aromatic heterocycles. The van der Waals surface area contributed by atoms with Gasteiger partial charge in [0.25, 0.3) is 10.0 Å². The maximum absolute atomic E-state index is 12.2. The van der Waals surface area contributed by atoms with E-state index >= 15 is 0 Å². The second-order valence-electron chi connectivity index (χ2n) is 4.15. The van der Waals surface area contributed by atoms with Crippen molar-refractivity contribution in [3.63, 3.8) is 0 Å². The number of aryl methyl sites for hydroxylation is 1. The first-order valence-electron chi connectivity index (χ1n) is 5.53. The second-order valence-corrected chi connectivity index (χ2v) is 6.75. The molecule has 0 aliphatic heterocycles. The quantitative estimate of drug-likeness (QED) is 0.843. The van der Waals surface area contributed by atoms with Crippen molar-refractivity contribution >= 4 is 37.3 Å². The van der Waals surface area contributed by atoms with Crippen molar-refractivity contribution in [3.05, 3.63) is 52.5 Å². The number of nitrogens with two attached hydrogens (primary N) is 1. The Bertz CT molecular complexity index is 714. The summed E-state index contributed by atoms with van der Waals surface area (Å²) >= 11 is 3.25. The number of nitrogens with one attached hydrogen (secondary N) is 1. The topological polar surface area (TPSA) is 72.2 Å². The Hall–Kier alpha value is -1.53. The van der Waals surface area contributed by atoms with Gasteiger partial charge in [0.15, 0.2) is 0 Å². The summed E-state index contributed by atoms with van der Waals surface area (Å²) in [5, 5.41) is 0. The number of sulfonamides is 1. The van der Waals surface area contributed by atoms with Crippen molar-refractivity contribution in [1.29, 1.82) is 0 Å². The third-order valence-corrected chi connectivity index (χ3v) is 4.41. The van der Waals surface area contributed by atoms with Crippen LogP contribution in [0.5, 0.6) is 0 Å². The molecular formula is C13H13BrN2O2S. The van der Waals surface area contributed by atoms with Gasteiger partial charge in [-0.25, -0.2) is 8.42 Å². The fourth-order valence-electron chi connectivity index (χ4n) is 1.61. The molecule has 4 nitrogen and oxygen atoms in total. The molecule has 0 amide bonds. The van der Waals surface area contributed by atoms with E-state index in [0.717, 1.165) is 5.56 Å². The highest BCUT2D eigenvalue weighted by Crippen LogP contribution is 2.24. The monoisotopic (exact) mass is 340 g/mol. The van der Waals surface area contributed by atoms with E-state index in [4.69, 9.17) is 5.73 Å². The van der Waals surface area contributed by atoms with Gasteiger partial charge in [0.05, 0.1) is 16.3 Å². The molecule has 0 unspecified atom stereocenters. The van der Waals surface area contributed by atoms with Crippen molar-refractivity contribution in [1.82, 2.24) is 0 Å². The van der Waals surface area contributed by atoms with Gasteiger partial charge in [-0.2, -0.15) is 0 Å². The molecule has 6 heteroatoms. The molecule has 0 fully saturated rings. The summed E-state index contributed by atoms with van der Waals surface area (Å²) in [6.45, 7) is 1.89. The lowest BCUT2D eigenvalue weighted by atomic mass is 10.2. The predicted molar refractivity (Wildman–Crippen MR) is 80.5 cm³/mol. The van der Waals surface area contributed by atoms with Crippen LogP contribution in [0.25, 0.3) is 0 Å². The van der Waals surface area contributed by atoms with Gasteiger partial charge < -0.3 is 5.73 Å². The summed E-state index contributed by atoms with van der Waals surface area (Å²) in [4.78, 5) is 0.182.